The molecule has 1 aliphatic heterocycles. The van der Waals surface area contributed by atoms with Gasteiger partial charge in [0, 0.05) is 29.9 Å². The summed E-state index contributed by atoms with van der Waals surface area (Å²) in [6.07, 6.45) is 5.89. The van der Waals surface area contributed by atoms with Gasteiger partial charge in [-0.15, -0.1) is 24.8 Å². The number of nitrogens with one attached hydrogen (secondary N) is 2. The summed E-state index contributed by atoms with van der Waals surface area (Å²) in [6, 6.07) is 6.00. The number of halogens is 2. The third kappa shape index (κ3) is 4.81. The maximum atomic E-state index is 12.6. The summed E-state index contributed by atoms with van der Waals surface area (Å²) in [4.78, 5) is 14.9. The number of carbonyl (C=O) groups excluding carboxylic acids is 1. The van der Waals surface area contributed by atoms with Crippen LogP contribution < -0.4 is 10.6 Å². The highest BCUT2D eigenvalue weighted by Gasteiger charge is 2.37. The van der Waals surface area contributed by atoms with E-state index in [0.717, 1.165) is 37.4 Å². The number of hydrogen-bond acceptors (Lipinski definition) is 3. The number of rotatable bonds is 4. The van der Waals surface area contributed by atoms with Crippen molar-refractivity contribution in [3.8, 4) is 0 Å². The quantitative estimate of drug-likeness (QED) is 0.826. The van der Waals surface area contributed by atoms with Crippen molar-refractivity contribution in [2.45, 2.75) is 44.6 Å². The van der Waals surface area contributed by atoms with Gasteiger partial charge < -0.3 is 15.5 Å². The van der Waals surface area contributed by atoms with Crippen molar-refractivity contribution >= 4 is 36.4 Å². The summed E-state index contributed by atoms with van der Waals surface area (Å²) in [5.74, 6) is 0.785. The molecule has 1 heterocycles. The summed E-state index contributed by atoms with van der Waals surface area (Å²) < 4.78 is 0. The number of fused-ring (bicyclic) bond motifs is 1. The lowest BCUT2D eigenvalue weighted by Crippen LogP contribution is -2.55. The third-order valence-corrected chi connectivity index (χ3v) is 5.67. The standard InChI is InChI=1S/C19H29N3O.2ClH/c1-14-5-4-9-19(12-14,22(2)3)13-21-18(23)16-6-7-17-15(11-16)8-10-20-17;;/h6-7,11,14,20H,4-5,8-10,12-13H2,1-3H3,(H,21,23);2*1H. The van der Waals surface area contributed by atoms with Crippen molar-refractivity contribution < 1.29 is 4.79 Å². The first-order chi connectivity index (χ1) is 11.0. The van der Waals surface area contributed by atoms with Crippen molar-refractivity contribution in [1.29, 1.82) is 0 Å². The van der Waals surface area contributed by atoms with Gasteiger partial charge in [-0.3, -0.25) is 4.79 Å². The predicted molar refractivity (Wildman–Crippen MR) is 110 cm³/mol. The highest BCUT2D eigenvalue weighted by molar-refractivity contribution is 5.95. The molecule has 1 aliphatic carbocycles. The Labute approximate surface area is 163 Å². The zero-order valence-corrected chi connectivity index (χ0v) is 17.1. The SMILES string of the molecule is CC1CCCC(CNC(=O)c2ccc3c(c2)CCN3)(N(C)C)C1.Cl.Cl. The number of likely N-dealkylation sites (N-methyl/N-ethyl adjacent to an activating group) is 1. The monoisotopic (exact) mass is 387 g/mol. The zero-order valence-electron chi connectivity index (χ0n) is 15.4. The van der Waals surface area contributed by atoms with Crippen LogP contribution in [0.25, 0.3) is 0 Å². The summed E-state index contributed by atoms with van der Waals surface area (Å²) in [5.41, 5.74) is 3.31. The number of hydrogen-bond donors (Lipinski definition) is 2. The van der Waals surface area contributed by atoms with Crippen LogP contribution >= 0.6 is 24.8 Å². The predicted octanol–water partition coefficient (Wildman–Crippen LogP) is 3.74. The number of amides is 1. The minimum Gasteiger partial charge on any atom is -0.384 e. The molecule has 6 heteroatoms. The Morgan fingerprint density at radius 1 is 1.36 bits per heavy atom. The molecule has 0 bridgehead atoms. The number of benzene rings is 1. The fraction of sp³-hybridized carbons (Fsp3) is 0.632. The summed E-state index contributed by atoms with van der Waals surface area (Å²) >= 11 is 0. The van der Waals surface area contributed by atoms with Crippen LogP contribution in [0.3, 0.4) is 0 Å². The molecule has 2 unspecified atom stereocenters. The molecule has 4 nitrogen and oxygen atoms in total. The van der Waals surface area contributed by atoms with Gasteiger partial charge in [0.25, 0.3) is 5.91 Å². The summed E-state index contributed by atoms with van der Waals surface area (Å²) in [6.45, 7) is 4.03. The van der Waals surface area contributed by atoms with Crippen LogP contribution in [-0.4, -0.2) is 43.5 Å². The normalized spacial score (nSPS) is 24.6. The molecule has 0 aromatic heterocycles. The van der Waals surface area contributed by atoms with Crippen LogP contribution in [0.1, 0.15) is 48.5 Å². The van der Waals surface area contributed by atoms with E-state index >= 15 is 0 Å². The molecule has 0 spiro atoms. The minimum atomic E-state index is 0. The maximum Gasteiger partial charge on any atom is 0.251 e. The van der Waals surface area contributed by atoms with Gasteiger partial charge in [0.2, 0.25) is 0 Å². The Morgan fingerprint density at radius 2 is 2.12 bits per heavy atom. The van der Waals surface area contributed by atoms with E-state index in [0.29, 0.717) is 0 Å². The smallest absolute Gasteiger partial charge is 0.251 e. The number of carbonyl (C=O) groups is 1. The molecule has 3 rings (SSSR count). The van der Waals surface area contributed by atoms with Gasteiger partial charge in [-0.2, -0.15) is 0 Å². The molecular weight excluding hydrogens is 357 g/mol. The van der Waals surface area contributed by atoms with Crippen LogP contribution in [0.4, 0.5) is 5.69 Å². The van der Waals surface area contributed by atoms with Crippen molar-refractivity contribution in [3.05, 3.63) is 29.3 Å². The molecule has 1 aromatic carbocycles. The number of anilines is 1. The van der Waals surface area contributed by atoms with Crippen molar-refractivity contribution in [1.82, 2.24) is 10.2 Å². The first kappa shape index (κ1) is 22.1. The minimum absolute atomic E-state index is 0. The molecule has 2 atom stereocenters. The maximum absolute atomic E-state index is 12.6. The highest BCUT2D eigenvalue weighted by atomic mass is 35.5. The topological polar surface area (TPSA) is 44.4 Å². The molecule has 142 valence electrons. The molecule has 25 heavy (non-hydrogen) atoms. The second-order valence-electron chi connectivity index (χ2n) is 7.55. The van der Waals surface area contributed by atoms with Gasteiger partial charge in [0.1, 0.15) is 0 Å². The Balaban J connectivity index is 0.00000156. The van der Waals surface area contributed by atoms with Crippen LogP contribution in [-0.2, 0) is 6.42 Å². The van der Waals surface area contributed by atoms with Gasteiger partial charge in [0.15, 0.2) is 0 Å². The number of nitrogens with zero attached hydrogens (tertiary/aromatic N) is 1. The van der Waals surface area contributed by atoms with Gasteiger partial charge in [-0.1, -0.05) is 19.8 Å². The molecule has 1 amide bonds. The van der Waals surface area contributed by atoms with Crippen LogP contribution in [0.15, 0.2) is 18.2 Å². The largest absolute Gasteiger partial charge is 0.384 e. The van der Waals surface area contributed by atoms with E-state index < -0.39 is 0 Å². The molecule has 1 fully saturated rings. The van der Waals surface area contributed by atoms with Gasteiger partial charge in [-0.25, -0.2) is 0 Å². The zero-order chi connectivity index (χ0) is 16.4. The van der Waals surface area contributed by atoms with E-state index in [1.54, 1.807) is 0 Å². The fourth-order valence-electron chi connectivity index (χ4n) is 4.15. The average molecular weight is 388 g/mol. The molecule has 2 N–H and O–H groups in total. The molecule has 1 saturated carbocycles. The van der Waals surface area contributed by atoms with Gasteiger partial charge in [0.05, 0.1) is 0 Å². The van der Waals surface area contributed by atoms with E-state index in [4.69, 9.17) is 0 Å². The lowest BCUT2D eigenvalue weighted by atomic mass is 9.75. The molecule has 2 aliphatic rings. The van der Waals surface area contributed by atoms with E-state index in [2.05, 4.69) is 36.6 Å². The van der Waals surface area contributed by atoms with Crippen LogP contribution in [0, 0.1) is 5.92 Å². The summed E-state index contributed by atoms with van der Waals surface area (Å²) in [5, 5.41) is 6.54. The average Bonchev–Trinajstić information content (AvgIpc) is 3.00. The second-order valence-corrected chi connectivity index (χ2v) is 7.55. The van der Waals surface area contributed by atoms with Gasteiger partial charge >= 0.3 is 0 Å². The van der Waals surface area contributed by atoms with E-state index in [1.165, 1.54) is 30.5 Å². The molecular formula is C19H31Cl2N3O. The fourth-order valence-corrected chi connectivity index (χ4v) is 4.15. The molecule has 0 radical (unpaired) electrons. The summed E-state index contributed by atoms with van der Waals surface area (Å²) in [7, 11) is 4.29. The van der Waals surface area contributed by atoms with Crippen LogP contribution in [0.2, 0.25) is 0 Å². The van der Waals surface area contributed by atoms with Crippen molar-refractivity contribution in [3.63, 3.8) is 0 Å². The van der Waals surface area contributed by atoms with E-state index in [9.17, 15) is 4.79 Å². The Hall–Kier alpha value is -0.970. The van der Waals surface area contributed by atoms with E-state index in [-0.39, 0.29) is 36.3 Å². The Kier molecular flexibility index (Phi) is 8.04. The molecule has 1 aromatic rings. The Bertz CT molecular complexity index is 594. The van der Waals surface area contributed by atoms with Crippen molar-refractivity contribution in [2.24, 2.45) is 5.92 Å². The van der Waals surface area contributed by atoms with E-state index in [1.807, 2.05) is 18.2 Å². The lowest BCUT2D eigenvalue weighted by Gasteiger charge is -2.45. The first-order valence-corrected chi connectivity index (χ1v) is 8.83. The lowest BCUT2D eigenvalue weighted by molar-refractivity contribution is 0.0675. The second kappa shape index (κ2) is 9.11. The third-order valence-electron chi connectivity index (χ3n) is 5.67. The molecule has 0 saturated heterocycles. The van der Waals surface area contributed by atoms with Crippen LogP contribution in [0.5, 0.6) is 0 Å². The highest BCUT2D eigenvalue weighted by Crippen LogP contribution is 2.35. The van der Waals surface area contributed by atoms with Crippen molar-refractivity contribution in [2.75, 3.05) is 32.5 Å². The van der Waals surface area contributed by atoms with Gasteiger partial charge in [-0.05, 0) is 63.0 Å². The Morgan fingerprint density at radius 3 is 2.80 bits per heavy atom. The first-order valence-electron chi connectivity index (χ1n) is 8.83.